The molecule has 0 saturated heterocycles. The lowest BCUT2D eigenvalue weighted by Crippen LogP contribution is -2.09. The largest absolute Gasteiger partial charge is 0.465 e. The second-order valence-corrected chi connectivity index (χ2v) is 4.43. The summed E-state index contributed by atoms with van der Waals surface area (Å²) in [5.41, 5.74) is 0.637. The lowest BCUT2D eigenvalue weighted by Gasteiger charge is -1.93. The van der Waals surface area contributed by atoms with Crippen molar-refractivity contribution in [3.05, 3.63) is 33.7 Å². The summed E-state index contributed by atoms with van der Waals surface area (Å²) in [5, 5.41) is 0. The lowest BCUT2D eigenvalue weighted by molar-refractivity contribution is 0.0606. The van der Waals surface area contributed by atoms with Gasteiger partial charge in [0.15, 0.2) is 0 Å². The fourth-order valence-corrected chi connectivity index (χ4v) is 2.68. The van der Waals surface area contributed by atoms with Gasteiger partial charge in [-0.1, -0.05) is 0 Å². The van der Waals surface area contributed by atoms with E-state index in [1.54, 1.807) is 22.9 Å². The molecular formula is C10H7N3O3S. The Labute approximate surface area is 98.5 Å². The summed E-state index contributed by atoms with van der Waals surface area (Å²) in [4.78, 5) is 30.9. The van der Waals surface area contributed by atoms with Crippen molar-refractivity contribution in [2.24, 2.45) is 0 Å². The number of fused-ring (bicyclic) bond motifs is 3. The first-order valence-corrected chi connectivity index (χ1v) is 5.59. The van der Waals surface area contributed by atoms with Crippen LogP contribution in [0, 0.1) is 0 Å². The van der Waals surface area contributed by atoms with Crippen LogP contribution in [-0.2, 0) is 4.74 Å². The van der Waals surface area contributed by atoms with E-state index < -0.39 is 5.97 Å². The summed E-state index contributed by atoms with van der Waals surface area (Å²) >= 11 is 1.25. The van der Waals surface area contributed by atoms with Crippen molar-refractivity contribution in [3.8, 4) is 0 Å². The van der Waals surface area contributed by atoms with Crippen LogP contribution < -0.4 is 5.56 Å². The van der Waals surface area contributed by atoms with E-state index >= 15 is 0 Å². The molecule has 0 aliphatic carbocycles. The van der Waals surface area contributed by atoms with Gasteiger partial charge in [0, 0.05) is 12.4 Å². The SMILES string of the molecule is COC(=O)c1cc2[nH]c(=O)c3nccn3c2s1. The molecule has 0 amide bonds. The van der Waals surface area contributed by atoms with Crippen LogP contribution in [0.4, 0.5) is 0 Å². The van der Waals surface area contributed by atoms with Gasteiger partial charge < -0.3 is 9.72 Å². The predicted octanol–water partition coefficient (Wildman–Crippen LogP) is 1.02. The standard InChI is InChI=1S/C10H7N3O3S/c1-16-10(15)6-4-5-9(17-6)13-3-2-11-7(13)8(14)12-5/h2-4H,1H3,(H,12,14). The number of esters is 1. The Morgan fingerprint density at radius 1 is 1.59 bits per heavy atom. The Hall–Kier alpha value is -2.15. The Bertz CT molecular complexity index is 783. The van der Waals surface area contributed by atoms with Gasteiger partial charge in [-0.15, -0.1) is 11.3 Å². The highest BCUT2D eigenvalue weighted by molar-refractivity contribution is 7.20. The molecule has 7 heteroatoms. The highest BCUT2D eigenvalue weighted by atomic mass is 32.1. The number of nitrogens with zero attached hydrogens (tertiary/aromatic N) is 2. The molecule has 3 aromatic heterocycles. The number of hydrogen-bond donors (Lipinski definition) is 1. The van der Waals surface area contributed by atoms with Gasteiger partial charge in [0.25, 0.3) is 5.56 Å². The summed E-state index contributed by atoms with van der Waals surface area (Å²) in [6.45, 7) is 0. The van der Waals surface area contributed by atoms with E-state index in [4.69, 9.17) is 0 Å². The summed E-state index contributed by atoms with van der Waals surface area (Å²) in [6.07, 6.45) is 3.23. The molecule has 0 atom stereocenters. The zero-order chi connectivity index (χ0) is 12.0. The molecule has 17 heavy (non-hydrogen) atoms. The average molecular weight is 249 g/mol. The summed E-state index contributed by atoms with van der Waals surface area (Å²) in [6, 6.07) is 1.60. The summed E-state index contributed by atoms with van der Waals surface area (Å²) < 4.78 is 6.30. The Balaban J connectivity index is 2.42. The van der Waals surface area contributed by atoms with Crippen LogP contribution in [0.3, 0.4) is 0 Å². The number of imidazole rings is 1. The van der Waals surface area contributed by atoms with Gasteiger partial charge in [-0.05, 0) is 6.07 Å². The first-order chi connectivity index (χ1) is 8.20. The second kappa shape index (κ2) is 3.42. The molecule has 0 fully saturated rings. The van der Waals surface area contributed by atoms with Crippen LogP contribution in [0.2, 0.25) is 0 Å². The Morgan fingerprint density at radius 3 is 3.18 bits per heavy atom. The number of rotatable bonds is 1. The topological polar surface area (TPSA) is 76.5 Å². The van der Waals surface area contributed by atoms with E-state index in [0.29, 0.717) is 16.0 Å². The van der Waals surface area contributed by atoms with E-state index in [1.807, 2.05) is 0 Å². The van der Waals surface area contributed by atoms with E-state index in [9.17, 15) is 9.59 Å². The number of carbonyl (C=O) groups is 1. The van der Waals surface area contributed by atoms with Crippen LogP contribution in [-0.4, -0.2) is 27.4 Å². The minimum atomic E-state index is -0.416. The molecule has 1 N–H and O–H groups in total. The van der Waals surface area contributed by atoms with E-state index in [1.165, 1.54) is 18.4 Å². The van der Waals surface area contributed by atoms with Gasteiger partial charge in [-0.3, -0.25) is 9.20 Å². The number of aromatic nitrogens is 3. The molecule has 6 nitrogen and oxygen atoms in total. The number of aromatic amines is 1. The second-order valence-electron chi connectivity index (χ2n) is 3.40. The van der Waals surface area contributed by atoms with Gasteiger partial charge in [0.2, 0.25) is 5.65 Å². The zero-order valence-electron chi connectivity index (χ0n) is 8.76. The van der Waals surface area contributed by atoms with Crippen LogP contribution >= 0.6 is 11.3 Å². The van der Waals surface area contributed by atoms with Gasteiger partial charge in [-0.25, -0.2) is 9.78 Å². The van der Waals surface area contributed by atoms with Gasteiger partial charge in [-0.2, -0.15) is 0 Å². The molecular weight excluding hydrogens is 242 g/mol. The quantitative estimate of drug-likeness (QED) is 0.653. The zero-order valence-corrected chi connectivity index (χ0v) is 9.58. The fourth-order valence-electron chi connectivity index (χ4n) is 1.66. The molecule has 0 bridgehead atoms. The van der Waals surface area contributed by atoms with Crippen molar-refractivity contribution in [3.63, 3.8) is 0 Å². The summed E-state index contributed by atoms with van der Waals surface area (Å²) in [7, 11) is 1.32. The van der Waals surface area contributed by atoms with Crippen molar-refractivity contribution in [1.29, 1.82) is 0 Å². The highest BCUT2D eigenvalue weighted by Gasteiger charge is 2.14. The average Bonchev–Trinajstić information content (AvgIpc) is 2.92. The number of thiophene rings is 1. The van der Waals surface area contributed by atoms with Crippen LogP contribution in [0.25, 0.3) is 16.0 Å². The van der Waals surface area contributed by atoms with E-state index in [2.05, 4.69) is 14.7 Å². The third kappa shape index (κ3) is 1.36. The minimum Gasteiger partial charge on any atom is -0.465 e. The molecule has 3 aromatic rings. The van der Waals surface area contributed by atoms with Gasteiger partial charge in [0.05, 0.1) is 12.6 Å². The highest BCUT2D eigenvalue weighted by Crippen LogP contribution is 2.24. The normalized spacial score (nSPS) is 11.1. The Kier molecular flexibility index (Phi) is 2.02. The number of ether oxygens (including phenoxy) is 1. The number of carbonyl (C=O) groups excluding carboxylic acids is 1. The maximum Gasteiger partial charge on any atom is 0.348 e. The van der Waals surface area contributed by atoms with Crippen LogP contribution in [0.15, 0.2) is 23.3 Å². The smallest absolute Gasteiger partial charge is 0.348 e. The van der Waals surface area contributed by atoms with E-state index in [-0.39, 0.29) is 5.56 Å². The maximum absolute atomic E-state index is 11.7. The minimum absolute atomic E-state index is 0.281. The molecule has 0 aliphatic rings. The van der Waals surface area contributed by atoms with Crippen LogP contribution in [0.1, 0.15) is 9.67 Å². The molecule has 0 spiro atoms. The van der Waals surface area contributed by atoms with Crippen molar-refractivity contribution in [1.82, 2.24) is 14.4 Å². The molecule has 3 heterocycles. The molecule has 3 rings (SSSR count). The van der Waals surface area contributed by atoms with Crippen molar-refractivity contribution in [2.45, 2.75) is 0 Å². The number of hydrogen-bond acceptors (Lipinski definition) is 5. The van der Waals surface area contributed by atoms with Gasteiger partial charge in [0.1, 0.15) is 9.71 Å². The summed E-state index contributed by atoms with van der Waals surface area (Å²) in [5.74, 6) is -0.416. The monoisotopic (exact) mass is 249 g/mol. The number of methoxy groups -OCH3 is 1. The first kappa shape index (κ1) is 10.0. The number of H-pyrrole nitrogens is 1. The molecule has 0 aromatic carbocycles. The molecule has 86 valence electrons. The molecule has 0 aliphatic heterocycles. The van der Waals surface area contributed by atoms with Gasteiger partial charge >= 0.3 is 5.97 Å². The third-order valence-corrected chi connectivity index (χ3v) is 3.52. The van der Waals surface area contributed by atoms with Crippen molar-refractivity contribution >= 4 is 33.3 Å². The predicted molar refractivity (Wildman–Crippen MR) is 62.5 cm³/mol. The Morgan fingerprint density at radius 2 is 2.41 bits per heavy atom. The molecule has 0 radical (unpaired) electrons. The third-order valence-electron chi connectivity index (χ3n) is 2.41. The first-order valence-electron chi connectivity index (χ1n) is 4.78. The van der Waals surface area contributed by atoms with Crippen LogP contribution in [0.5, 0.6) is 0 Å². The van der Waals surface area contributed by atoms with E-state index in [0.717, 1.165) is 4.83 Å². The molecule has 0 unspecified atom stereocenters. The van der Waals surface area contributed by atoms with Crippen molar-refractivity contribution in [2.75, 3.05) is 7.11 Å². The lowest BCUT2D eigenvalue weighted by atomic mass is 10.4. The number of nitrogens with one attached hydrogen (secondary N) is 1. The molecule has 0 saturated carbocycles. The van der Waals surface area contributed by atoms with Crippen molar-refractivity contribution < 1.29 is 9.53 Å². The fraction of sp³-hybridized carbons (Fsp3) is 0.100. The maximum atomic E-state index is 11.7.